The Hall–Kier alpha value is -2.43. The van der Waals surface area contributed by atoms with E-state index in [0.717, 1.165) is 24.2 Å². The highest BCUT2D eigenvalue weighted by Gasteiger charge is 2.35. The molecule has 1 aliphatic heterocycles. The van der Waals surface area contributed by atoms with Crippen LogP contribution in [0.1, 0.15) is 21.9 Å². The molecule has 0 spiro atoms. The number of rotatable bonds is 4. The third kappa shape index (κ3) is 3.30. The highest BCUT2D eigenvalue weighted by atomic mass is 32.2. The largest absolute Gasteiger partial charge is 0.293 e. The van der Waals surface area contributed by atoms with Gasteiger partial charge in [0.05, 0.1) is 4.90 Å². The summed E-state index contributed by atoms with van der Waals surface area (Å²) in [5.74, 6) is 0. The monoisotopic (exact) mass is 363 g/mol. The number of nitrogens with zero attached hydrogens (tertiary/aromatic N) is 1. The van der Waals surface area contributed by atoms with Gasteiger partial charge in [0.15, 0.2) is 9.84 Å². The van der Waals surface area contributed by atoms with Gasteiger partial charge in [-0.2, -0.15) is 0 Å². The standard InChI is InChI=1S/C22H21NO2S/c24-26(25,20-12-5-2-6-13-20)22-17-23(15-18-9-3-1-4-10-18)16-19-11-7-8-14-21(19)22/h1-14,22H,15-17H2. The maximum absolute atomic E-state index is 13.3. The van der Waals surface area contributed by atoms with Crippen LogP contribution in [0.5, 0.6) is 0 Å². The Labute approximate surface area is 154 Å². The zero-order valence-electron chi connectivity index (χ0n) is 14.5. The molecular formula is C22H21NO2S. The molecule has 0 bridgehead atoms. The van der Waals surface area contributed by atoms with Crippen molar-refractivity contribution in [1.82, 2.24) is 4.90 Å². The maximum atomic E-state index is 13.3. The molecule has 0 aliphatic carbocycles. The first-order chi connectivity index (χ1) is 12.6. The van der Waals surface area contributed by atoms with E-state index in [4.69, 9.17) is 0 Å². The van der Waals surface area contributed by atoms with E-state index in [0.29, 0.717) is 11.4 Å². The summed E-state index contributed by atoms with van der Waals surface area (Å²) < 4.78 is 26.6. The quantitative estimate of drug-likeness (QED) is 0.696. The van der Waals surface area contributed by atoms with Crippen LogP contribution in [0.3, 0.4) is 0 Å². The summed E-state index contributed by atoms with van der Waals surface area (Å²) in [4.78, 5) is 2.62. The van der Waals surface area contributed by atoms with E-state index in [1.165, 1.54) is 5.56 Å². The third-order valence-electron chi connectivity index (χ3n) is 4.92. The minimum absolute atomic E-state index is 0.390. The number of hydrogen-bond donors (Lipinski definition) is 0. The molecule has 0 N–H and O–H groups in total. The Morgan fingerprint density at radius 3 is 2.15 bits per heavy atom. The minimum atomic E-state index is -3.44. The van der Waals surface area contributed by atoms with E-state index in [9.17, 15) is 8.42 Å². The minimum Gasteiger partial charge on any atom is -0.293 e. The predicted molar refractivity (Wildman–Crippen MR) is 103 cm³/mol. The second-order valence-corrected chi connectivity index (χ2v) is 8.83. The Balaban J connectivity index is 1.71. The second-order valence-electron chi connectivity index (χ2n) is 6.70. The fourth-order valence-electron chi connectivity index (χ4n) is 3.63. The Bertz CT molecular complexity index is 985. The average molecular weight is 363 g/mol. The summed E-state index contributed by atoms with van der Waals surface area (Å²) >= 11 is 0. The molecular weight excluding hydrogens is 342 g/mol. The van der Waals surface area contributed by atoms with Gasteiger partial charge in [0, 0.05) is 19.6 Å². The van der Waals surface area contributed by atoms with Gasteiger partial charge in [-0.1, -0.05) is 72.8 Å². The first-order valence-corrected chi connectivity index (χ1v) is 10.3. The van der Waals surface area contributed by atoms with Gasteiger partial charge < -0.3 is 0 Å². The van der Waals surface area contributed by atoms with Crippen LogP contribution in [0.4, 0.5) is 0 Å². The van der Waals surface area contributed by atoms with Crippen LogP contribution >= 0.6 is 0 Å². The molecule has 132 valence electrons. The molecule has 0 amide bonds. The first kappa shape index (κ1) is 17.0. The summed E-state index contributed by atoms with van der Waals surface area (Å²) in [7, 11) is -3.44. The average Bonchev–Trinajstić information content (AvgIpc) is 2.69. The molecule has 4 rings (SSSR count). The van der Waals surface area contributed by atoms with Gasteiger partial charge in [-0.25, -0.2) is 8.42 Å². The van der Waals surface area contributed by atoms with Crippen LogP contribution < -0.4 is 0 Å². The van der Waals surface area contributed by atoms with Gasteiger partial charge in [0.2, 0.25) is 0 Å². The summed E-state index contributed by atoms with van der Waals surface area (Å²) in [6, 6.07) is 26.9. The lowest BCUT2D eigenvalue weighted by molar-refractivity contribution is 0.240. The van der Waals surface area contributed by atoms with Gasteiger partial charge in [-0.05, 0) is 28.8 Å². The Kier molecular flexibility index (Phi) is 4.62. The summed E-state index contributed by atoms with van der Waals surface area (Å²) in [5.41, 5.74) is 3.22. The lowest BCUT2D eigenvalue weighted by Gasteiger charge is -2.34. The molecule has 4 heteroatoms. The van der Waals surface area contributed by atoms with Gasteiger partial charge in [-0.3, -0.25) is 4.90 Å². The van der Waals surface area contributed by atoms with Crippen molar-refractivity contribution in [3.8, 4) is 0 Å². The molecule has 0 radical (unpaired) electrons. The second kappa shape index (κ2) is 7.06. The van der Waals surface area contributed by atoms with Crippen LogP contribution in [0.25, 0.3) is 0 Å². The molecule has 0 aromatic heterocycles. The number of benzene rings is 3. The molecule has 3 nitrogen and oxygen atoms in total. The molecule has 26 heavy (non-hydrogen) atoms. The molecule has 1 aliphatic rings. The third-order valence-corrected chi connectivity index (χ3v) is 7.00. The van der Waals surface area contributed by atoms with Crippen LogP contribution in [-0.2, 0) is 22.9 Å². The lowest BCUT2D eigenvalue weighted by atomic mass is 9.99. The highest BCUT2D eigenvalue weighted by Crippen LogP contribution is 2.36. The SMILES string of the molecule is O=S(=O)(c1ccccc1)C1CN(Cc2ccccc2)Cc2ccccc21. The van der Waals surface area contributed by atoms with Crippen molar-refractivity contribution in [3.63, 3.8) is 0 Å². The number of fused-ring (bicyclic) bond motifs is 1. The van der Waals surface area contributed by atoms with Crippen LogP contribution in [-0.4, -0.2) is 19.9 Å². The van der Waals surface area contributed by atoms with Crippen molar-refractivity contribution in [1.29, 1.82) is 0 Å². The fourth-order valence-corrected chi connectivity index (χ4v) is 5.47. The normalized spacial score (nSPS) is 17.6. The molecule has 1 unspecified atom stereocenters. The van der Waals surface area contributed by atoms with Gasteiger partial charge in [-0.15, -0.1) is 0 Å². The van der Waals surface area contributed by atoms with Crippen LogP contribution in [0, 0.1) is 0 Å². The summed E-state index contributed by atoms with van der Waals surface area (Å²) in [6.45, 7) is 2.02. The van der Waals surface area contributed by atoms with Crippen molar-refractivity contribution in [2.45, 2.75) is 23.2 Å². The molecule has 0 saturated carbocycles. The smallest absolute Gasteiger partial charge is 0.186 e. The van der Waals surface area contributed by atoms with Crippen molar-refractivity contribution in [3.05, 3.63) is 102 Å². The topological polar surface area (TPSA) is 37.4 Å². The summed E-state index contributed by atoms with van der Waals surface area (Å²) in [6.07, 6.45) is 0. The van der Waals surface area contributed by atoms with E-state index >= 15 is 0 Å². The maximum Gasteiger partial charge on any atom is 0.186 e. The molecule has 0 fully saturated rings. The molecule has 1 atom stereocenters. The number of sulfone groups is 1. The molecule has 0 saturated heterocycles. The van der Waals surface area contributed by atoms with Gasteiger partial charge in [0.25, 0.3) is 0 Å². The van der Waals surface area contributed by atoms with E-state index in [1.54, 1.807) is 24.3 Å². The lowest BCUT2D eigenvalue weighted by Crippen LogP contribution is -2.36. The molecule has 3 aromatic carbocycles. The predicted octanol–water partition coefficient (Wildman–Crippen LogP) is 4.22. The van der Waals surface area contributed by atoms with E-state index in [-0.39, 0.29) is 0 Å². The Morgan fingerprint density at radius 2 is 1.42 bits per heavy atom. The van der Waals surface area contributed by atoms with Gasteiger partial charge in [0.1, 0.15) is 5.25 Å². The number of hydrogen-bond acceptors (Lipinski definition) is 3. The first-order valence-electron chi connectivity index (χ1n) is 8.77. The molecule has 1 heterocycles. The zero-order valence-corrected chi connectivity index (χ0v) is 15.3. The highest BCUT2D eigenvalue weighted by molar-refractivity contribution is 7.91. The van der Waals surface area contributed by atoms with Crippen molar-refractivity contribution in [2.24, 2.45) is 0 Å². The van der Waals surface area contributed by atoms with Crippen molar-refractivity contribution in [2.75, 3.05) is 6.54 Å². The zero-order chi connectivity index (χ0) is 18.0. The van der Waals surface area contributed by atoms with Gasteiger partial charge >= 0.3 is 0 Å². The van der Waals surface area contributed by atoms with Crippen LogP contribution in [0.2, 0.25) is 0 Å². The summed E-state index contributed by atoms with van der Waals surface area (Å²) in [5, 5.41) is -0.543. The van der Waals surface area contributed by atoms with Crippen LogP contribution in [0.15, 0.2) is 89.8 Å². The van der Waals surface area contributed by atoms with E-state index in [2.05, 4.69) is 17.0 Å². The van der Waals surface area contributed by atoms with Crippen molar-refractivity contribution < 1.29 is 8.42 Å². The Morgan fingerprint density at radius 1 is 0.808 bits per heavy atom. The van der Waals surface area contributed by atoms with E-state index in [1.807, 2.05) is 48.5 Å². The van der Waals surface area contributed by atoms with Crippen molar-refractivity contribution >= 4 is 9.84 Å². The molecule has 3 aromatic rings. The van der Waals surface area contributed by atoms with E-state index < -0.39 is 15.1 Å². The fraction of sp³-hybridized carbons (Fsp3) is 0.182.